The molecule has 0 aliphatic rings. The van der Waals surface area contributed by atoms with Crippen LogP contribution in [0.1, 0.15) is 26.2 Å². The Morgan fingerprint density at radius 2 is 2.10 bits per heavy atom. The van der Waals surface area contributed by atoms with Crippen LogP contribution in [0.4, 0.5) is 0 Å². The van der Waals surface area contributed by atoms with E-state index in [2.05, 4.69) is 4.84 Å². The van der Waals surface area contributed by atoms with Crippen LogP contribution in [0.25, 0.3) is 0 Å². The van der Waals surface area contributed by atoms with Crippen LogP contribution >= 0.6 is 0 Å². The molecular formula is C5H11NNaO3. The molecule has 0 fully saturated rings. The van der Waals surface area contributed by atoms with Crippen LogP contribution in [0.2, 0.25) is 0 Å². The summed E-state index contributed by atoms with van der Waals surface area (Å²) in [5.41, 5.74) is 0. The quantitative estimate of drug-likeness (QED) is 0.258. The molecule has 0 aromatic heterocycles. The molecule has 55 valence electrons. The second-order valence-electron chi connectivity index (χ2n) is 1.76. The first-order valence-electron chi connectivity index (χ1n) is 3.04. The average Bonchev–Trinajstić information content (AvgIpc) is 1.80. The second-order valence-corrected chi connectivity index (χ2v) is 1.76. The summed E-state index contributed by atoms with van der Waals surface area (Å²) in [5.74, 6) is 0. The molecule has 0 aromatic rings. The van der Waals surface area contributed by atoms with Crippen LogP contribution in [0.5, 0.6) is 0 Å². The average molecular weight is 156 g/mol. The van der Waals surface area contributed by atoms with Crippen molar-refractivity contribution in [3.05, 3.63) is 10.1 Å². The number of nitrogens with zero attached hydrogens (tertiary/aromatic N) is 1. The summed E-state index contributed by atoms with van der Waals surface area (Å²) in [7, 11) is 0. The summed E-state index contributed by atoms with van der Waals surface area (Å²) in [5, 5.41) is 8.79. The molecule has 4 nitrogen and oxygen atoms in total. The third-order valence-corrected chi connectivity index (χ3v) is 0.945. The smallest absolute Gasteiger partial charge is 0.294 e. The van der Waals surface area contributed by atoms with Crippen molar-refractivity contribution in [3.8, 4) is 0 Å². The van der Waals surface area contributed by atoms with E-state index in [0.717, 1.165) is 19.3 Å². The molecule has 0 N–H and O–H groups in total. The molecule has 0 amide bonds. The van der Waals surface area contributed by atoms with Gasteiger partial charge < -0.3 is 4.84 Å². The van der Waals surface area contributed by atoms with Gasteiger partial charge in [-0.3, -0.25) is 0 Å². The van der Waals surface area contributed by atoms with Crippen LogP contribution in [0.3, 0.4) is 0 Å². The molecule has 0 saturated carbocycles. The topological polar surface area (TPSA) is 52.4 Å². The predicted octanol–water partition coefficient (Wildman–Crippen LogP) is 1.00. The minimum absolute atomic E-state index is 0. The predicted molar refractivity (Wildman–Crippen MR) is 38.2 cm³/mol. The number of rotatable bonds is 5. The van der Waals surface area contributed by atoms with Crippen LogP contribution in [0.15, 0.2) is 0 Å². The molecule has 0 unspecified atom stereocenters. The van der Waals surface area contributed by atoms with Gasteiger partial charge in [0.05, 0.1) is 6.61 Å². The van der Waals surface area contributed by atoms with Crippen molar-refractivity contribution in [1.29, 1.82) is 0 Å². The Hall–Kier alpha value is 0.200. The summed E-state index contributed by atoms with van der Waals surface area (Å²) in [4.78, 5) is 13.6. The Kier molecular flexibility index (Phi) is 11.8. The van der Waals surface area contributed by atoms with Gasteiger partial charge in [-0.1, -0.05) is 19.8 Å². The van der Waals surface area contributed by atoms with Crippen molar-refractivity contribution in [2.45, 2.75) is 26.2 Å². The van der Waals surface area contributed by atoms with E-state index in [1.54, 1.807) is 0 Å². The Balaban J connectivity index is 0. The molecule has 0 heterocycles. The van der Waals surface area contributed by atoms with E-state index in [4.69, 9.17) is 0 Å². The zero-order chi connectivity index (χ0) is 7.11. The molecule has 5 heteroatoms. The maximum absolute atomic E-state index is 9.55. The molecule has 0 spiro atoms. The van der Waals surface area contributed by atoms with Gasteiger partial charge in [0.15, 0.2) is 0 Å². The third-order valence-electron chi connectivity index (χ3n) is 0.945. The first kappa shape index (κ1) is 12.8. The monoisotopic (exact) mass is 156 g/mol. The Bertz CT molecular complexity index is 89.0. The van der Waals surface area contributed by atoms with Crippen molar-refractivity contribution < 1.29 is 9.92 Å². The molecule has 0 saturated heterocycles. The van der Waals surface area contributed by atoms with Crippen molar-refractivity contribution in [2.75, 3.05) is 6.61 Å². The van der Waals surface area contributed by atoms with Crippen LogP contribution in [-0.4, -0.2) is 41.3 Å². The van der Waals surface area contributed by atoms with E-state index >= 15 is 0 Å². The summed E-state index contributed by atoms with van der Waals surface area (Å²) >= 11 is 0. The number of hydrogen-bond acceptors (Lipinski definition) is 3. The Morgan fingerprint density at radius 1 is 1.50 bits per heavy atom. The van der Waals surface area contributed by atoms with Gasteiger partial charge in [0.1, 0.15) is 0 Å². The first-order chi connectivity index (χ1) is 4.27. The van der Waals surface area contributed by atoms with Crippen molar-refractivity contribution in [2.24, 2.45) is 0 Å². The van der Waals surface area contributed by atoms with Gasteiger partial charge in [-0.25, -0.2) is 0 Å². The van der Waals surface area contributed by atoms with E-state index in [9.17, 15) is 10.1 Å². The molecule has 0 atom stereocenters. The zero-order valence-corrected chi connectivity index (χ0v) is 8.50. The standard InChI is InChI=1S/C5H11NO3.Na/c1-2-3-4-5-9-6(7)8;/h2-5H2,1H3;. The zero-order valence-electron chi connectivity index (χ0n) is 6.50. The molecular weight excluding hydrogens is 145 g/mol. The second kappa shape index (κ2) is 9.20. The largest absolute Gasteiger partial charge is 0.314 e. The molecule has 10 heavy (non-hydrogen) atoms. The maximum atomic E-state index is 9.55. The maximum Gasteiger partial charge on any atom is 0.294 e. The molecule has 0 aliphatic carbocycles. The van der Waals surface area contributed by atoms with Gasteiger partial charge in [0.2, 0.25) is 0 Å². The number of hydrogen-bond donors (Lipinski definition) is 0. The molecule has 0 bridgehead atoms. The summed E-state index contributed by atoms with van der Waals surface area (Å²) < 4.78 is 0. The van der Waals surface area contributed by atoms with Gasteiger partial charge in [-0.15, -0.1) is 10.1 Å². The summed E-state index contributed by atoms with van der Waals surface area (Å²) in [6.07, 6.45) is 2.83. The summed E-state index contributed by atoms with van der Waals surface area (Å²) in [6.45, 7) is 2.27. The van der Waals surface area contributed by atoms with E-state index in [1.165, 1.54) is 0 Å². The Morgan fingerprint density at radius 3 is 2.50 bits per heavy atom. The van der Waals surface area contributed by atoms with Gasteiger partial charge in [0.25, 0.3) is 5.09 Å². The number of unbranched alkanes of at least 4 members (excludes halogenated alkanes) is 2. The van der Waals surface area contributed by atoms with E-state index in [-0.39, 0.29) is 36.2 Å². The SMILES string of the molecule is CCCCCO[N+](=O)[O-].[Na]. The fourth-order valence-corrected chi connectivity index (χ4v) is 0.491. The van der Waals surface area contributed by atoms with Crippen molar-refractivity contribution in [1.82, 2.24) is 0 Å². The molecule has 0 rings (SSSR count). The van der Waals surface area contributed by atoms with Gasteiger partial charge in [-0.05, 0) is 6.42 Å². The van der Waals surface area contributed by atoms with Crippen LogP contribution < -0.4 is 0 Å². The molecule has 1 radical (unpaired) electrons. The van der Waals surface area contributed by atoms with E-state index < -0.39 is 5.09 Å². The fraction of sp³-hybridized carbons (Fsp3) is 1.00. The van der Waals surface area contributed by atoms with Crippen molar-refractivity contribution >= 4 is 29.6 Å². The van der Waals surface area contributed by atoms with Crippen LogP contribution in [0, 0.1) is 10.1 Å². The van der Waals surface area contributed by atoms with E-state index in [1.807, 2.05) is 6.92 Å². The Labute approximate surface area is 82.3 Å². The minimum atomic E-state index is -0.754. The third kappa shape index (κ3) is 11.1. The normalized spacial score (nSPS) is 8.10. The molecule has 0 aromatic carbocycles. The first-order valence-corrected chi connectivity index (χ1v) is 3.04. The van der Waals surface area contributed by atoms with Gasteiger partial charge in [-0.2, -0.15) is 0 Å². The molecule has 0 aliphatic heterocycles. The fourth-order valence-electron chi connectivity index (χ4n) is 0.491. The van der Waals surface area contributed by atoms with Crippen molar-refractivity contribution in [3.63, 3.8) is 0 Å². The van der Waals surface area contributed by atoms with Gasteiger partial charge >= 0.3 is 0 Å². The van der Waals surface area contributed by atoms with Crippen LogP contribution in [-0.2, 0) is 4.84 Å². The summed E-state index contributed by atoms with van der Waals surface area (Å²) in [6, 6.07) is 0. The van der Waals surface area contributed by atoms with Gasteiger partial charge in [0, 0.05) is 29.6 Å². The minimum Gasteiger partial charge on any atom is -0.314 e. The van der Waals surface area contributed by atoms with E-state index in [0.29, 0.717) is 0 Å².